The summed E-state index contributed by atoms with van der Waals surface area (Å²) in [7, 11) is 1.84. The Hall–Kier alpha value is -2.76. The molecule has 1 aromatic carbocycles. The number of halogens is 1. The molecule has 0 N–H and O–H groups in total. The van der Waals surface area contributed by atoms with Gasteiger partial charge in [0.1, 0.15) is 5.82 Å². The van der Waals surface area contributed by atoms with E-state index in [-0.39, 0.29) is 17.7 Å². The van der Waals surface area contributed by atoms with Gasteiger partial charge in [-0.3, -0.25) is 9.48 Å². The molecular formula is C19H16FN3O2. The molecule has 2 fully saturated rings. The summed E-state index contributed by atoms with van der Waals surface area (Å²) < 4.78 is 21.5. The van der Waals surface area contributed by atoms with E-state index in [9.17, 15) is 9.18 Å². The summed E-state index contributed by atoms with van der Waals surface area (Å²) in [6, 6.07) is 7.17. The van der Waals surface area contributed by atoms with Crippen LogP contribution in [0.5, 0.6) is 0 Å². The summed E-state index contributed by atoms with van der Waals surface area (Å²) in [6.45, 7) is 0.450. The van der Waals surface area contributed by atoms with Crippen LogP contribution in [0.4, 0.5) is 4.39 Å². The van der Waals surface area contributed by atoms with Gasteiger partial charge in [-0.1, -0.05) is 12.1 Å². The number of aryl methyl sites for hydroxylation is 1. The molecule has 2 aromatic heterocycles. The molecule has 5 rings (SSSR count). The number of carbonyl (C=O) groups is 1. The number of fused-ring (bicyclic) bond motifs is 1. The fourth-order valence-corrected chi connectivity index (χ4v) is 3.97. The minimum absolute atomic E-state index is 0.0597. The van der Waals surface area contributed by atoms with Crippen molar-refractivity contribution in [1.29, 1.82) is 0 Å². The number of benzene rings is 1. The number of nitrogens with zero attached hydrogens (tertiary/aromatic N) is 3. The van der Waals surface area contributed by atoms with Gasteiger partial charge in [0.2, 0.25) is 0 Å². The van der Waals surface area contributed by atoms with Crippen molar-refractivity contribution in [3.05, 3.63) is 48.0 Å². The van der Waals surface area contributed by atoms with Gasteiger partial charge in [0.15, 0.2) is 5.65 Å². The fourth-order valence-electron chi connectivity index (χ4n) is 3.97. The summed E-state index contributed by atoms with van der Waals surface area (Å²) in [5, 5.41) is 5.16. The zero-order valence-electron chi connectivity index (χ0n) is 13.7. The van der Waals surface area contributed by atoms with E-state index in [1.54, 1.807) is 16.9 Å². The van der Waals surface area contributed by atoms with Crippen LogP contribution in [0.2, 0.25) is 0 Å². The average molecular weight is 337 g/mol. The third-order valence-electron chi connectivity index (χ3n) is 5.45. The lowest BCUT2D eigenvalue weighted by atomic mass is 9.95. The Morgan fingerprint density at radius 3 is 2.96 bits per heavy atom. The highest BCUT2D eigenvalue weighted by Gasteiger charge is 2.64. The topological polar surface area (TPSA) is 57.0 Å². The molecule has 0 unspecified atom stereocenters. The van der Waals surface area contributed by atoms with Crippen LogP contribution in [0.15, 0.2) is 36.7 Å². The minimum Gasteiger partial charge on any atom is -0.465 e. The molecule has 0 radical (unpaired) electrons. The second-order valence-electron chi connectivity index (χ2n) is 6.97. The van der Waals surface area contributed by atoms with Crippen LogP contribution in [-0.2, 0) is 16.6 Å². The maximum atomic E-state index is 14.7. The first-order valence-corrected chi connectivity index (χ1v) is 8.33. The van der Waals surface area contributed by atoms with Gasteiger partial charge >= 0.3 is 5.97 Å². The number of pyridine rings is 1. The summed E-state index contributed by atoms with van der Waals surface area (Å²) in [5.74, 6) is -0.506. The number of esters is 1. The Kier molecular flexibility index (Phi) is 2.84. The van der Waals surface area contributed by atoms with Crippen LogP contribution in [0.25, 0.3) is 22.2 Å². The number of ether oxygens (including phenoxy) is 1. The summed E-state index contributed by atoms with van der Waals surface area (Å²) >= 11 is 0. The van der Waals surface area contributed by atoms with Crippen LogP contribution >= 0.6 is 0 Å². The first-order chi connectivity index (χ1) is 12.1. The average Bonchev–Trinajstić information content (AvgIpc) is 3.01. The minimum atomic E-state index is -0.474. The molecule has 3 heterocycles. The number of rotatable bonds is 2. The zero-order chi connectivity index (χ0) is 17.2. The standard InChI is InChI=1S/C19H16FN3O2/c1-23-10-13-6-12(9-21-17(13)22-23)11-2-3-14(16(20)7-11)15-8-19(15)4-5-25-18(19)24/h2-3,6-7,9-10,15H,4-5,8H2,1H3/t15-,19+/m1/s1. The Bertz CT molecular complexity index is 1030. The first kappa shape index (κ1) is 14.6. The lowest BCUT2D eigenvalue weighted by Crippen LogP contribution is -2.11. The third-order valence-corrected chi connectivity index (χ3v) is 5.45. The highest BCUT2D eigenvalue weighted by Crippen LogP contribution is 2.64. The van der Waals surface area contributed by atoms with Gasteiger partial charge in [0, 0.05) is 36.3 Å². The van der Waals surface area contributed by atoms with Crippen LogP contribution < -0.4 is 0 Å². The van der Waals surface area contributed by atoms with Crippen LogP contribution in [0.1, 0.15) is 24.3 Å². The molecule has 2 aliphatic rings. The predicted octanol–water partition coefficient (Wildman–Crippen LogP) is 3.20. The van der Waals surface area contributed by atoms with Gasteiger partial charge in [-0.15, -0.1) is 0 Å². The van der Waals surface area contributed by atoms with Crippen molar-refractivity contribution in [3.8, 4) is 11.1 Å². The summed E-state index contributed by atoms with van der Waals surface area (Å²) in [5.41, 5.74) is 2.42. The maximum absolute atomic E-state index is 14.7. The van der Waals surface area contributed by atoms with E-state index in [1.165, 1.54) is 6.07 Å². The van der Waals surface area contributed by atoms with E-state index in [0.29, 0.717) is 30.7 Å². The molecule has 0 amide bonds. The van der Waals surface area contributed by atoms with Gasteiger partial charge in [-0.2, -0.15) is 5.10 Å². The van der Waals surface area contributed by atoms with Gasteiger partial charge in [0.05, 0.1) is 12.0 Å². The van der Waals surface area contributed by atoms with E-state index in [1.807, 2.05) is 25.4 Å². The van der Waals surface area contributed by atoms with Crippen molar-refractivity contribution in [3.63, 3.8) is 0 Å². The van der Waals surface area contributed by atoms with Crippen molar-refractivity contribution in [1.82, 2.24) is 14.8 Å². The van der Waals surface area contributed by atoms with Crippen LogP contribution in [0, 0.1) is 11.2 Å². The molecule has 1 saturated carbocycles. The molecule has 6 heteroatoms. The summed E-state index contributed by atoms with van der Waals surface area (Å²) in [6.07, 6.45) is 4.97. The Balaban J connectivity index is 1.49. The van der Waals surface area contributed by atoms with Crippen molar-refractivity contribution < 1.29 is 13.9 Å². The quantitative estimate of drug-likeness (QED) is 0.674. The van der Waals surface area contributed by atoms with Gasteiger partial charge in [-0.25, -0.2) is 9.37 Å². The maximum Gasteiger partial charge on any atom is 0.312 e. The normalized spacial score (nSPS) is 24.9. The highest BCUT2D eigenvalue weighted by molar-refractivity contribution is 5.84. The number of cyclic esters (lactones) is 1. The monoisotopic (exact) mass is 337 g/mol. The Morgan fingerprint density at radius 1 is 1.32 bits per heavy atom. The number of aromatic nitrogens is 3. The molecule has 2 atom stereocenters. The van der Waals surface area contributed by atoms with E-state index >= 15 is 0 Å². The second-order valence-corrected chi connectivity index (χ2v) is 6.97. The zero-order valence-corrected chi connectivity index (χ0v) is 13.7. The van der Waals surface area contributed by atoms with Gasteiger partial charge in [-0.05, 0) is 36.1 Å². The number of hydrogen-bond donors (Lipinski definition) is 0. The summed E-state index contributed by atoms with van der Waals surface area (Å²) in [4.78, 5) is 16.2. The van der Waals surface area contributed by atoms with Gasteiger partial charge in [0.25, 0.3) is 0 Å². The molecular weight excluding hydrogens is 321 g/mol. The number of hydrogen-bond acceptors (Lipinski definition) is 4. The van der Waals surface area contributed by atoms with Gasteiger partial charge < -0.3 is 4.74 Å². The molecule has 3 aromatic rings. The van der Waals surface area contributed by atoms with Crippen LogP contribution in [-0.4, -0.2) is 27.3 Å². The third kappa shape index (κ3) is 2.10. The SMILES string of the molecule is Cn1cc2cc(-c3ccc([C@H]4C[C@@]45CCOC5=O)c(F)c3)cnc2n1. The Labute approximate surface area is 143 Å². The first-order valence-electron chi connectivity index (χ1n) is 8.33. The lowest BCUT2D eigenvalue weighted by molar-refractivity contribution is -0.142. The molecule has 126 valence electrons. The molecule has 1 spiro atoms. The smallest absolute Gasteiger partial charge is 0.312 e. The molecule has 5 nitrogen and oxygen atoms in total. The molecule has 0 bridgehead atoms. The largest absolute Gasteiger partial charge is 0.465 e. The molecule has 1 aliphatic carbocycles. The predicted molar refractivity (Wildman–Crippen MR) is 89.3 cm³/mol. The Morgan fingerprint density at radius 2 is 2.20 bits per heavy atom. The van der Waals surface area contributed by atoms with Crippen molar-refractivity contribution >= 4 is 17.0 Å². The number of carbonyl (C=O) groups excluding carboxylic acids is 1. The highest BCUT2D eigenvalue weighted by atomic mass is 19.1. The fraction of sp³-hybridized carbons (Fsp3) is 0.316. The molecule has 25 heavy (non-hydrogen) atoms. The van der Waals surface area contributed by atoms with E-state index in [4.69, 9.17) is 4.74 Å². The van der Waals surface area contributed by atoms with E-state index in [2.05, 4.69) is 10.1 Å². The van der Waals surface area contributed by atoms with Crippen molar-refractivity contribution in [2.75, 3.05) is 6.61 Å². The molecule has 1 aliphatic heterocycles. The van der Waals surface area contributed by atoms with Crippen molar-refractivity contribution in [2.45, 2.75) is 18.8 Å². The molecule has 1 saturated heterocycles. The van der Waals surface area contributed by atoms with E-state index in [0.717, 1.165) is 16.5 Å². The lowest BCUT2D eigenvalue weighted by Gasteiger charge is -2.08. The second kappa shape index (κ2) is 4.88. The van der Waals surface area contributed by atoms with E-state index < -0.39 is 5.41 Å². The van der Waals surface area contributed by atoms with Crippen molar-refractivity contribution in [2.24, 2.45) is 12.5 Å². The van der Waals surface area contributed by atoms with Crippen LogP contribution in [0.3, 0.4) is 0 Å².